The number of anilines is 3. The van der Waals surface area contributed by atoms with E-state index in [1.165, 1.54) is 134 Å². The summed E-state index contributed by atoms with van der Waals surface area (Å²) in [5, 5.41) is 0. The van der Waals surface area contributed by atoms with Crippen LogP contribution in [-0.2, 0) is 32.5 Å². The van der Waals surface area contributed by atoms with Crippen molar-refractivity contribution in [2.24, 2.45) is 0 Å². The number of benzene rings is 9. The van der Waals surface area contributed by atoms with E-state index < -0.39 is 16.2 Å². The number of rotatable bonds is 0. The van der Waals surface area contributed by atoms with E-state index in [9.17, 15) is 0 Å². The van der Waals surface area contributed by atoms with E-state index in [4.69, 9.17) is 0 Å². The predicted molar refractivity (Wildman–Crippen MR) is 290 cm³/mol. The molecule has 0 atom stereocenters. The minimum absolute atomic E-state index is 0.163. The van der Waals surface area contributed by atoms with Crippen molar-refractivity contribution in [2.45, 2.75) is 94.8 Å². The van der Waals surface area contributed by atoms with Gasteiger partial charge < -0.3 is 4.90 Å². The summed E-state index contributed by atoms with van der Waals surface area (Å²) in [6.45, 7) is 21.8. The van der Waals surface area contributed by atoms with Gasteiger partial charge in [0.1, 0.15) is 0 Å². The van der Waals surface area contributed by atoms with Crippen LogP contribution in [-0.4, -0.2) is 0 Å². The molecule has 9 aromatic carbocycles. The van der Waals surface area contributed by atoms with E-state index in [1.54, 1.807) is 0 Å². The lowest BCUT2D eigenvalue weighted by Gasteiger charge is -2.58. The summed E-state index contributed by atoms with van der Waals surface area (Å²) in [7, 11) is 0. The normalized spacial score (nSPS) is 16.7. The van der Waals surface area contributed by atoms with Crippen LogP contribution in [0.5, 0.6) is 0 Å². The molecule has 3 aliphatic carbocycles. The topological polar surface area (TPSA) is 3.24 Å². The van der Waals surface area contributed by atoms with Crippen molar-refractivity contribution in [3.05, 3.63) is 265 Å². The van der Waals surface area contributed by atoms with E-state index in [-0.39, 0.29) is 16.2 Å². The summed E-state index contributed by atoms with van der Waals surface area (Å²) in [6.07, 6.45) is 0. The third kappa shape index (κ3) is 4.46. The van der Waals surface area contributed by atoms with Crippen LogP contribution in [0.25, 0.3) is 33.4 Å². The molecule has 338 valence electrons. The highest BCUT2D eigenvalue weighted by atomic mass is 15.2. The van der Waals surface area contributed by atoms with Crippen LogP contribution in [0.15, 0.2) is 182 Å². The van der Waals surface area contributed by atoms with Gasteiger partial charge in [0.15, 0.2) is 0 Å². The number of hydrogen-bond donors (Lipinski definition) is 0. The summed E-state index contributed by atoms with van der Waals surface area (Å²) in [6, 6.07) is 72.6. The van der Waals surface area contributed by atoms with Crippen LogP contribution in [0.4, 0.5) is 17.1 Å². The van der Waals surface area contributed by atoms with E-state index in [0.717, 1.165) is 0 Å². The predicted octanol–water partition coefficient (Wildman–Crippen LogP) is 17.1. The summed E-state index contributed by atoms with van der Waals surface area (Å²) in [4.78, 5) is 2.85. The number of fused-ring (bicyclic) bond motifs is 21. The van der Waals surface area contributed by atoms with Gasteiger partial charge in [0, 0.05) is 0 Å². The monoisotopic (exact) mass is 899 g/mol. The molecule has 0 N–H and O–H groups in total. The second-order valence-corrected chi connectivity index (χ2v) is 24.4. The van der Waals surface area contributed by atoms with Crippen LogP contribution < -0.4 is 4.90 Å². The molecule has 3 spiro atoms. The highest BCUT2D eigenvalue weighted by molar-refractivity contribution is 6.08. The second kappa shape index (κ2) is 12.8. The standard InChI is InChI=1S/C69H57N/c1-64(2,3)40-34-55-61-56(35-40)68(51-30-18-12-24-45(51)46-25-13-19-31-52(46)68)58-37-42(66(7,8)9)39-60-63(58)70(61)62-57(67(55)49-28-16-10-22-43(49)44-23-11-17-29-50(44)67)36-41(65(4,5)6)38-59(62)69(60)53-32-20-14-26-47(53)48-27-15-21-33-54(48)69/h10-39H,1-9H3. The van der Waals surface area contributed by atoms with Gasteiger partial charge >= 0.3 is 0 Å². The molecule has 3 heterocycles. The van der Waals surface area contributed by atoms with Crippen molar-refractivity contribution >= 4 is 17.1 Å². The van der Waals surface area contributed by atoms with E-state index in [1.807, 2.05) is 0 Å². The minimum atomic E-state index is -0.640. The van der Waals surface area contributed by atoms with Crippen molar-refractivity contribution in [1.82, 2.24) is 0 Å². The molecular formula is C69H57N. The van der Waals surface area contributed by atoms with Gasteiger partial charge in [0.25, 0.3) is 0 Å². The molecule has 0 radical (unpaired) electrons. The zero-order valence-corrected chi connectivity index (χ0v) is 41.8. The Morgan fingerprint density at radius 3 is 0.586 bits per heavy atom. The van der Waals surface area contributed by atoms with Gasteiger partial charge in [-0.1, -0.05) is 244 Å². The van der Waals surface area contributed by atoms with Gasteiger partial charge in [0.2, 0.25) is 0 Å². The van der Waals surface area contributed by atoms with Crippen LogP contribution in [0.2, 0.25) is 0 Å². The fraction of sp³-hybridized carbons (Fsp3) is 0.217. The third-order valence-corrected chi connectivity index (χ3v) is 17.9. The third-order valence-electron chi connectivity index (χ3n) is 17.9. The fourth-order valence-corrected chi connectivity index (χ4v) is 14.9. The molecule has 0 fully saturated rings. The largest absolute Gasteiger partial charge is 0.308 e. The zero-order chi connectivity index (χ0) is 47.6. The average Bonchev–Trinajstić information content (AvgIpc) is 3.94. The molecule has 0 bridgehead atoms. The Morgan fingerprint density at radius 2 is 0.414 bits per heavy atom. The van der Waals surface area contributed by atoms with E-state index in [2.05, 4.69) is 249 Å². The molecule has 1 nitrogen and oxygen atoms in total. The molecule has 0 aromatic heterocycles. The molecule has 0 amide bonds. The van der Waals surface area contributed by atoms with Crippen LogP contribution in [0, 0.1) is 0 Å². The van der Waals surface area contributed by atoms with Crippen LogP contribution in [0.1, 0.15) is 146 Å². The first-order valence-corrected chi connectivity index (χ1v) is 25.6. The van der Waals surface area contributed by atoms with Crippen molar-refractivity contribution in [3.63, 3.8) is 0 Å². The van der Waals surface area contributed by atoms with Crippen molar-refractivity contribution in [2.75, 3.05) is 4.90 Å². The van der Waals surface area contributed by atoms with Crippen LogP contribution in [0.3, 0.4) is 0 Å². The van der Waals surface area contributed by atoms with Gasteiger partial charge in [-0.25, -0.2) is 0 Å². The van der Waals surface area contributed by atoms with Crippen LogP contribution >= 0.6 is 0 Å². The van der Waals surface area contributed by atoms with Gasteiger partial charge in [-0.05, 0) is 133 Å². The molecule has 3 aliphatic heterocycles. The maximum Gasteiger partial charge on any atom is 0.0754 e. The van der Waals surface area contributed by atoms with Crippen molar-refractivity contribution in [1.29, 1.82) is 0 Å². The van der Waals surface area contributed by atoms with Gasteiger partial charge in [0.05, 0.1) is 33.3 Å². The van der Waals surface area contributed by atoms with Crippen molar-refractivity contribution in [3.8, 4) is 33.4 Å². The van der Waals surface area contributed by atoms with Crippen molar-refractivity contribution < 1.29 is 0 Å². The first kappa shape index (κ1) is 40.6. The Labute approximate surface area is 413 Å². The van der Waals surface area contributed by atoms with Gasteiger partial charge in [-0.2, -0.15) is 0 Å². The molecule has 70 heavy (non-hydrogen) atoms. The maximum atomic E-state index is 2.85. The molecule has 15 rings (SSSR count). The minimum Gasteiger partial charge on any atom is -0.308 e. The molecule has 1 heteroatoms. The SMILES string of the molecule is CC(C)(C)c1cc2c3c(c1)C1(c4ccccc4-c4ccccc41)c1cc(C(C)(C)C)cc4c1N3c1c(cc(C(C)(C)C)cc1C41c3ccccc3-c3ccccc31)C21c2ccccc2-c2ccccc21. The lowest BCUT2D eigenvalue weighted by molar-refractivity contribution is 0.571. The molecular weight excluding hydrogens is 843 g/mol. The zero-order valence-electron chi connectivity index (χ0n) is 41.8. The van der Waals surface area contributed by atoms with Gasteiger partial charge in [-0.15, -0.1) is 0 Å². The van der Waals surface area contributed by atoms with Gasteiger partial charge in [-0.3, -0.25) is 0 Å². The molecule has 0 saturated heterocycles. The number of nitrogens with zero attached hydrogens (tertiary/aromatic N) is 1. The highest BCUT2D eigenvalue weighted by Gasteiger charge is 2.64. The Morgan fingerprint density at radius 1 is 0.243 bits per heavy atom. The first-order chi connectivity index (χ1) is 33.6. The quantitative estimate of drug-likeness (QED) is 0.147. The van der Waals surface area contributed by atoms with E-state index >= 15 is 0 Å². The Balaban J connectivity index is 1.28. The smallest absolute Gasteiger partial charge is 0.0754 e. The summed E-state index contributed by atoms with van der Waals surface area (Å²) < 4.78 is 0. The highest BCUT2D eigenvalue weighted by Crippen LogP contribution is 2.76. The molecule has 0 saturated carbocycles. The fourth-order valence-electron chi connectivity index (χ4n) is 14.9. The lowest BCUT2D eigenvalue weighted by Crippen LogP contribution is -2.48. The summed E-state index contributed by atoms with van der Waals surface area (Å²) in [5.41, 5.74) is 30.3. The first-order valence-electron chi connectivity index (χ1n) is 25.6. The molecule has 9 aromatic rings. The molecule has 6 aliphatic rings. The summed E-state index contributed by atoms with van der Waals surface area (Å²) >= 11 is 0. The summed E-state index contributed by atoms with van der Waals surface area (Å²) in [5.74, 6) is 0. The number of hydrogen-bond acceptors (Lipinski definition) is 1. The Bertz CT molecular complexity index is 3230. The van der Waals surface area contributed by atoms with E-state index in [0.29, 0.717) is 0 Å². The Hall–Kier alpha value is -7.22. The lowest BCUT2D eigenvalue weighted by atomic mass is 9.53. The average molecular weight is 900 g/mol. The second-order valence-electron chi connectivity index (χ2n) is 24.4. The maximum absolute atomic E-state index is 2.85. The molecule has 0 unspecified atom stereocenters. The Kier molecular flexibility index (Phi) is 7.40.